The van der Waals surface area contributed by atoms with Crippen molar-refractivity contribution in [3.05, 3.63) is 65.3 Å². The summed E-state index contributed by atoms with van der Waals surface area (Å²) in [6.07, 6.45) is 0.295. The molecule has 0 aliphatic carbocycles. The number of para-hydroxylation sites is 1. The Morgan fingerprint density at radius 1 is 1.00 bits per heavy atom. The molecule has 1 aliphatic rings. The van der Waals surface area contributed by atoms with Gasteiger partial charge in [0.25, 0.3) is 5.91 Å². The van der Waals surface area contributed by atoms with Gasteiger partial charge in [-0.15, -0.1) is 0 Å². The number of amides is 2. The SMILES string of the molecule is O=C(NCCC(=O)N1CCN(c2cccc(Cl)c2)CC1)c1cc2ccccc2[nH]1. The van der Waals surface area contributed by atoms with Crippen molar-refractivity contribution in [1.82, 2.24) is 15.2 Å². The number of hydrogen-bond donors (Lipinski definition) is 2. The lowest BCUT2D eigenvalue weighted by Gasteiger charge is -2.36. The van der Waals surface area contributed by atoms with E-state index in [2.05, 4.69) is 15.2 Å². The van der Waals surface area contributed by atoms with Crippen molar-refractivity contribution in [1.29, 1.82) is 0 Å². The Bertz CT molecular complexity index is 991. The zero-order chi connectivity index (χ0) is 20.2. The van der Waals surface area contributed by atoms with E-state index in [1.54, 1.807) is 0 Å². The molecule has 1 saturated heterocycles. The van der Waals surface area contributed by atoms with E-state index in [0.29, 0.717) is 36.8 Å². The lowest BCUT2D eigenvalue weighted by Crippen LogP contribution is -2.49. The van der Waals surface area contributed by atoms with Crippen LogP contribution in [0.15, 0.2) is 54.6 Å². The number of aromatic nitrogens is 1. The molecule has 1 aromatic heterocycles. The molecule has 0 spiro atoms. The van der Waals surface area contributed by atoms with Crippen molar-refractivity contribution in [2.75, 3.05) is 37.6 Å². The van der Waals surface area contributed by atoms with Gasteiger partial charge in [-0.2, -0.15) is 0 Å². The highest BCUT2D eigenvalue weighted by Crippen LogP contribution is 2.21. The van der Waals surface area contributed by atoms with Crippen LogP contribution in [0.3, 0.4) is 0 Å². The second-order valence-electron chi connectivity index (χ2n) is 7.12. The van der Waals surface area contributed by atoms with E-state index in [-0.39, 0.29) is 11.8 Å². The van der Waals surface area contributed by atoms with Crippen LogP contribution < -0.4 is 10.2 Å². The van der Waals surface area contributed by atoms with Crippen LogP contribution in [0.4, 0.5) is 5.69 Å². The fourth-order valence-corrected chi connectivity index (χ4v) is 3.80. The maximum absolute atomic E-state index is 12.5. The molecule has 1 fully saturated rings. The third-order valence-electron chi connectivity index (χ3n) is 5.20. The van der Waals surface area contributed by atoms with E-state index in [1.165, 1.54) is 0 Å². The Balaban J connectivity index is 1.23. The number of carbonyl (C=O) groups is 2. The normalized spacial score (nSPS) is 14.2. The lowest BCUT2D eigenvalue weighted by molar-refractivity contribution is -0.131. The number of benzene rings is 2. The minimum Gasteiger partial charge on any atom is -0.368 e. The van der Waals surface area contributed by atoms with E-state index in [4.69, 9.17) is 11.6 Å². The fourth-order valence-electron chi connectivity index (χ4n) is 3.62. The monoisotopic (exact) mass is 410 g/mol. The molecule has 2 amide bonds. The molecule has 2 aromatic carbocycles. The predicted molar refractivity (Wildman–Crippen MR) is 115 cm³/mol. The summed E-state index contributed by atoms with van der Waals surface area (Å²) >= 11 is 6.07. The molecule has 2 heterocycles. The van der Waals surface area contributed by atoms with Crippen molar-refractivity contribution >= 4 is 40.0 Å². The Labute approximate surface area is 174 Å². The third-order valence-corrected chi connectivity index (χ3v) is 5.44. The van der Waals surface area contributed by atoms with Gasteiger partial charge in [0.1, 0.15) is 5.69 Å². The summed E-state index contributed by atoms with van der Waals surface area (Å²) < 4.78 is 0. The topological polar surface area (TPSA) is 68.4 Å². The highest BCUT2D eigenvalue weighted by atomic mass is 35.5. The first-order valence-electron chi connectivity index (χ1n) is 9.74. The predicted octanol–water partition coefficient (Wildman–Crippen LogP) is 3.29. The van der Waals surface area contributed by atoms with Crippen LogP contribution in [0.1, 0.15) is 16.9 Å². The number of piperazine rings is 1. The minimum absolute atomic E-state index is 0.0627. The second kappa shape index (κ2) is 8.57. The van der Waals surface area contributed by atoms with Gasteiger partial charge in [-0.1, -0.05) is 35.9 Å². The van der Waals surface area contributed by atoms with E-state index in [9.17, 15) is 9.59 Å². The first-order valence-corrected chi connectivity index (χ1v) is 10.1. The number of halogens is 1. The Kier molecular flexibility index (Phi) is 5.71. The molecule has 3 aromatic rings. The first-order chi connectivity index (χ1) is 14.1. The number of anilines is 1. The largest absolute Gasteiger partial charge is 0.368 e. The van der Waals surface area contributed by atoms with E-state index >= 15 is 0 Å². The summed E-state index contributed by atoms with van der Waals surface area (Å²) in [5, 5.41) is 4.53. The van der Waals surface area contributed by atoms with Crippen molar-refractivity contribution < 1.29 is 9.59 Å². The van der Waals surface area contributed by atoms with Gasteiger partial charge >= 0.3 is 0 Å². The Hall–Kier alpha value is -2.99. The van der Waals surface area contributed by atoms with Gasteiger partial charge in [0.05, 0.1) is 0 Å². The average molecular weight is 411 g/mol. The molecule has 29 heavy (non-hydrogen) atoms. The molecule has 7 heteroatoms. The molecule has 0 saturated carbocycles. The first kappa shape index (κ1) is 19.3. The van der Waals surface area contributed by atoms with Gasteiger partial charge in [0.2, 0.25) is 5.91 Å². The van der Waals surface area contributed by atoms with Crippen LogP contribution in [0.25, 0.3) is 10.9 Å². The van der Waals surface area contributed by atoms with Crippen LogP contribution in [0.5, 0.6) is 0 Å². The molecule has 150 valence electrons. The number of aromatic amines is 1. The van der Waals surface area contributed by atoms with E-state index < -0.39 is 0 Å². The number of carbonyl (C=O) groups excluding carboxylic acids is 2. The van der Waals surface area contributed by atoms with Crippen molar-refractivity contribution in [2.45, 2.75) is 6.42 Å². The summed E-state index contributed by atoms with van der Waals surface area (Å²) in [5.41, 5.74) is 2.51. The molecule has 0 unspecified atom stereocenters. The van der Waals surface area contributed by atoms with Gasteiger partial charge in [0, 0.05) is 60.8 Å². The maximum atomic E-state index is 12.5. The van der Waals surface area contributed by atoms with Gasteiger partial charge < -0.3 is 20.1 Å². The molecule has 2 N–H and O–H groups in total. The molecule has 6 nitrogen and oxygen atoms in total. The molecule has 0 bridgehead atoms. The van der Waals surface area contributed by atoms with Crippen LogP contribution in [0.2, 0.25) is 5.02 Å². The van der Waals surface area contributed by atoms with Gasteiger partial charge in [-0.3, -0.25) is 9.59 Å². The maximum Gasteiger partial charge on any atom is 0.267 e. The number of rotatable bonds is 5. The van der Waals surface area contributed by atoms with E-state index in [1.807, 2.05) is 59.5 Å². The zero-order valence-corrected chi connectivity index (χ0v) is 16.8. The summed E-state index contributed by atoms with van der Waals surface area (Å²) in [6, 6.07) is 17.3. The molecular weight excluding hydrogens is 388 g/mol. The smallest absolute Gasteiger partial charge is 0.267 e. The standard InChI is InChI=1S/C22H23ClN4O2/c23-17-5-3-6-18(15-17)26-10-12-27(13-11-26)21(28)8-9-24-22(29)20-14-16-4-1-2-7-19(16)25-20/h1-7,14-15,25H,8-13H2,(H,24,29). The summed E-state index contributed by atoms with van der Waals surface area (Å²) in [4.78, 5) is 32.0. The molecule has 1 aliphatic heterocycles. The number of nitrogens with zero attached hydrogens (tertiary/aromatic N) is 2. The van der Waals surface area contributed by atoms with Crippen LogP contribution in [0, 0.1) is 0 Å². The van der Waals surface area contributed by atoms with Gasteiger partial charge in [-0.25, -0.2) is 0 Å². The molecule has 4 rings (SSSR count). The number of nitrogens with one attached hydrogen (secondary N) is 2. The van der Waals surface area contributed by atoms with Crippen LogP contribution in [-0.2, 0) is 4.79 Å². The summed E-state index contributed by atoms with van der Waals surface area (Å²) in [5.74, 6) is -0.132. The Morgan fingerprint density at radius 2 is 1.79 bits per heavy atom. The summed E-state index contributed by atoms with van der Waals surface area (Å²) in [7, 11) is 0. The lowest BCUT2D eigenvalue weighted by atomic mass is 10.2. The minimum atomic E-state index is -0.195. The molecule has 0 atom stereocenters. The molecular formula is C22H23ClN4O2. The highest BCUT2D eigenvalue weighted by molar-refractivity contribution is 6.30. The van der Waals surface area contributed by atoms with Crippen LogP contribution >= 0.6 is 11.6 Å². The highest BCUT2D eigenvalue weighted by Gasteiger charge is 2.21. The number of hydrogen-bond acceptors (Lipinski definition) is 3. The van der Waals surface area contributed by atoms with E-state index in [0.717, 1.165) is 29.7 Å². The van der Waals surface area contributed by atoms with Gasteiger partial charge in [0.15, 0.2) is 0 Å². The van der Waals surface area contributed by atoms with Gasteiger partial charge in [-0.05, 0) is 30.3 Å². The van der Waals surface area contributed by atoms with Crippen molar-refractivity contribution in [3.8, 4) is 0 Å². The number of fused-ring (bicyclic) bond motifs is 1. The molecule has 0 radical (unpaired) electrons. The summed E-state index contributed by atoms with van der Waals surface area (Å²) in [6.45, 7) is 3.20. The Morgan fingerprint density at radius 3 is 2.55 bits per heavy atom. The second-order valence-corrected chi connectivity index (χ2v) is 7.56. The quantitative estimate of drug-likeness (QED) is 0.678. The van der Waals surface area contributed by atoms with Crippen LogP contribution in [-0.4, -0.2) is 54.4 Å². The average Bonchev–Trinajstić information content (AvgIpc) is 3.18. The fraction of sp³-hybridized carbons (Fsp3) is 0.273. The zero-order valence-electron chi connectivity index (χ0n) is 16.0. The van der Waals surface area contributed by atoms with Crippen molar-refractivity contribution in [2.24, 2.45) is 0 Å². The third kappa shape index (κ3) is 4.54. The number of H-pyrrole nitrogens is 1. The van der Waals surface area contributed by atoms with Crippen molar-refractivity contribution in [3.63, 3.8) is 0 Å².